The van der Waals surface area contributed by atoms with Gasteiger partial charge >= 0.3 is 0 Å². The van der Waals surface area contributed by atoms with E-state index in [9.17, 15) is 22.7 Å². The third-order valence-electron chi connectivity index (χ3n) is 6.80. The lowest BCUT2D eigenvalue weighted by molar-refractivity contribution is -0.150. The normalized spacial score (nSPS) is 19.7. The standard InChI is InChI=1S/C25H24FNO6S/c1-32-21-8-4-19-11-22(9-5-18(19)10-21)33-14-24(25(29)15-34(30,31)16-25)12-27(13-24)23(28)17-2-6-20(26)7-3-17/h2-11,29H,12-16H2,1H3. The maximum absolute atomic E-state index is 13.2. The molecule has 2 saturated heterocycles. The Morgan fingerprint density at radius 3 is 2.18 bits per heavy atom. The van der Waals surface area contributed by atoms with Gasteiger partial charge in [-0.15, -0.1) is 0 Å². The van der Waals surface area contributed by atoms with Gasteiger partial charge in [-0.3, -0.25) is 4.79 Å². The molecule has 9 heteroatoms. The molecule has 0 unspecified atom stereocenters. The fourth-order valence-electron chi connectivity index (χ4n) is 4.75. The van der Waals surface area contributed by atoms with Crippen LogP contribution in [0.1, 0.15) is 10.4 Å². The van der Waals surface area contributed by atoms with Crippen LogP contribution in [0.25, 0.3) is 10.8 Å². The lowest BCUT2D eigenvalue weighted by atomic mass is 9.67. The van der Waals surface area contributed by atoms with Gasteiger partial charge in [0.1, 0.15) is 29.5 Å². The number of rotatable bonds is 6. The molecule has 2 heterocycles. The number of sulfone groups is 1. The molecule has 0 atom stereocenters. The molecule has 0 aromatic heterocycles. The smallest absolute Gasteiger partial charge is 0.253 e. The fraction of sp³-hybridized carbons (Fsp3) is 0.320. The van der Waals surface area contributed by atoms with Crippen molar-refractivity contribution in [3.63, 3.8) is 0 Å². The summed E-state index contributed by atoms with van der Waals surface area (Å²) in [6, 6.07) is 16.5. The van der Waals surface area contributed by atoms with Crippen molar-refractivity contribution >= 4 is 26.5 Å². The number of carbonyl (C=O) groups is 1. The van der Waals surface area contributed by atoms with Crippen LogP contribution in [0.15, 0.2) is 60.7 Å². The van der Waals surface area contributed by atoms with Gasteiger partial charge in [-0.2, -0.15) is 0 Å². The van der Waals surface area contributed by atoms with Crippen molar-refractivity contribution < 1.29 is 32.2 Å². The zero-order valence-electron chi connectivity index (χ0n) is 18.5. The summed E-state index contributed by atoms with van der Waals surface area (Å²) in [5.74, 6) is -0.148. The van der Waals surface area contributed by atoms with Crippen molar-refractivity contribution in [3.05, 3.63) is 72.0 Å². The number of benzene rings is 3. The number of hydrogen-bond acceptors (Lipinski definition) is 6. The molecule has 7 nitrogen and oxygen atoms in total. The van der Waals surface area contributed by atoms with Crippen molar-refractivity contribution in [1.29, 1.82) is 0 Å². The van der Waals surface area contributed by atoms with E-state index in [1.165, 1.54) is 29.2 Å². The average molecular weight is 486 g/mol. The molecule has 3 aromatic rings. The third-order valence-corrected chi connectivity index (χ3v) is 8.64. The molecule has 5 rings (SSSR count). The first-order chi connectivity index (χ1) is 16.1. The van der Waals surface area contributed by atoms with Gasteiger partial charge in [0.2, 0.25) is 0 Å². The maximum Gasteiger partial charge on any atom is 0.253 e. The van der Waals surface area contributed by atoms with Crippen LogP contribution >= 0.6 is 0 Å². The second-order valence-electron chi connectivity index (χ2n) is 9.18. The Bertz CT molecular complexity index is 1350. The van der Waals surface area contributed by atoms with E-state index in [4.69, 9.17) is 9.47 Å². The minimum atomic E-state index is -3.32. The first kappa shape index (κ1) is 22.6. The van der Waals surface area contributed by atoms with Gasteiger partial charge in [0.25, 0.3) is 5.91 Å². The number of likely N-dealkylation sites (tertiary alicyclic amines) is 1. The van der Waals surface area contributed by atoms with Crippen LogP contribution in [0.4, 0.5) is 4.39 Å². The summed E-state index contributed by atoms with van der Waals surface area (Å²) in [6.45, 7) is 0.327. The van der Waals surface area contributed by atoms with Crippen LogP contribution in [0.3, 0.4) is 0 Å². The van der Waals surface area contributed by atoms with Gasteiger partial charge in [0, 0.05) is 18.7 Å². The Kier molecular flexibility index (Phi) is 5.29. The van der Waals surface area contributed by atoms with Crippen molar-refractivity contribution in [2.75, 3.05) is 38.3 Å². The molecule has 1 N–H and O–H groups in total. The molecular weight excluding hydrogens is 461 g/mol. The highest BCUT2D eigenvalue weighted by Gasteiger charge is 2.66. The van der Waals surface area contributed by atoms with Gasteiger partial charge in [-0.1, -0.05) is 12.1 Å². The number of halogens is 1. The summed E-state index contributed by atoms with van der Waals surface area (Å²) in [6.07, 6.45) is 0. The summed E-state index contributed by atoms with van der Waals surface area (Å²) in [4.78, 5) is 14.3. The van der Waals surface area contributed by atoms with E-state index >= 15 is 0 Å². The predicted molar refractivity (Wildman–Crippen MR) is 124 cm³/mol. The number of amides is 1. The zero-order chi connectivity index (χ0) is 24.1. The van der Waals surface area contributed by atoms with Crippen molar-refractivity contribution in [2.45, 2.75) is 5.60 Å². The van der Waals surface area contributed by atoms with E-state index in [-0.39, 0.29) is 37.1 Å². The number of ether oxygens (including phenoxy) is 2. The molecule has 34 heavy (non-hydrogen) atoms. The molecule has 178 valence electrons. The van der Waals surface area contributed by atoms with E-state index in [2.05, 4.69) is 0 Å². The Balaban J connectivity index is 1.35. The van der Waals surface area contributed by atoms with E-state index < -0.39 is 26.7 Å². The number of aliphatic hydroxyl groups is 1. The summed E-state index contributed by atoms with van der Waals surface area (Å²) in [7, 11) is -1.72. The van der Waals surface area contributed by atoms with E-state index in [0.717, 1.165) is 16.5 Å². The van der Waals surface area contributed by atoms with Crippen LogP contribution < -0.4 is 9.47 Å². The minimum absolute atomic E-state index is 0.0495. The van der Waals surface area contributed by atoms with Crippen molar-refractivity contribution in [3.8, 4) is 11.5 Å². The highest BCUT2D eigenvalue weighted by Crippen LogP contribution is 2.47. The molecule has 0 aliphatic carbocycles. The Morgan fingerprint density at radius 2 is 1.59 bits per heavy atom. The first-order valence-corrected chi connectivity index (χ1v) is 12.6. The summed E-state index contributed by atoms with van der Waals surface area (Å²) in [5.41, 5.74) is -2.08. The van der Waals surface area contributed by atoms with Crippen LogP contribution in [0.2, 0.25) is 0 Å². The van der Waals surface area contributed by atoms with Crippen molar-refractivity contribution in [1.82, 2.24) is 4.90 Å². The van der Waals surface area contributed by atoms with E-state index in [0.29, 0.717) is 11.3 Å². The lowest BCUT2D eigenvalue weighted by Gasteiger charge is -2.60. The molecule has 0 bridgehead atoms. The molecule has 2 aliphatic rings. The Labute approximate surface area is 196 Å². The molecule has 3 aromatic carbocycles. The fourth-order valence-corrected chi connectivity index (χ4v) is 6.74. The summed E-state index contributed by atoms with van der Waals surface area (Å²) < 4.78 is 48.3. The minimum Gasteiger partial charge on any atom is -0.497 e. The molecule has 2 aliphatic heterocycles. The van der Waals surface area contributed by atoms with Gasteiger partial charge in [-0.05, 0) is 59.3 Å². The number of fused-ring (bicyclic) bond motifs is 1. The number of nitrogens with zero attached hydrogens (tertiary/aromatic N) is 1. The second-order valence-corrected chi connectivity index (χ2v) is 11.2. The SMILES string of the molecule is COc1ccc2cc(OCC3(C4(O)CS(=O)(=O)C4)CN(C(=O)c4ccc(F)cc4)C3)ccc2c1. The molecule has 0 radical (unpaired) electrons. The second kappa shape index (κ2) is 7.95. The molecule has 1 amide bonds. The molecule has 0 saturated carbocycles. The van der Waals surface area contributed by atoms with Gasteiger partial charge in [-0.25, -0.2) is 12.8 Å². The monoisotopic (exact) mass is 485 g/mol. The summed E-state index contributed by atoms with van der Waals surface area (Å²) >= 11 is 0. The van der Waals surface area contributed by atoms with Gasteiger partial charge < -0.3 is 19.5 Å². The van der Waals surface area contributed by atoms with E-state index in [1.54, 1.807) is 13.2 Å². The molecule has 2 fully saturated rings. The first-order valence-electron chi connectivity index (χ1n) is 10.8. The van der Waals surface area contributed by atoms with Crippen LogP contribution in [-0.4, -0.2) is 68.2 Å². The van der Waals surface area contributed by atoms with Gasteiger partial charge in [0.15, 0.2) is 9.84 Å². The largest absolute Gasteiger partial charge is 0.497 e. The highest BCUT2D eigenvalue weighted by molar-refractivity contribution is 7.93. The third kappa shape index (κ3) is 3.88. The molecular formula is C25H24FNO6S. The Hall–Kier alpha value is -3.17. The number of carbonyl (C=O) groups excluding carboxylic acids is 1. The Morgan fingerprint density at radius 1 is 1.00 bits per heavy atom. The maximum atomic E-state index is 13.2. The quantitative estimate of drug-likeness (QED) is 0.577. The lowest BCUT2D eigenvalue weighted by Crippen LogP contribution is -2.77. The predicted octanol–water partition coefficient (Wildman–Crippen LogP) is 2.67. The van der Waals surface area contributed by atoms with Crippen LogP contribution in [0.5, 0.6) is 11.5 Å². The average Bonchev–Trinajstić information content (AvgIpc) is 2.76. The summed E-state index contributed by atoms with van der Waals surface area (Å²) in [5, 5.41) is 13.1. The number of methoxy groups -OCH3 is 1. The van der Waals surface area contributed by atoms with Gasteiger partial charge in [0.05, 0.1) is 24.0 Å². The number of hydrogen-bond donors (Lipinski definition) is 1. The van der Waals surface area contributed by atoms with E-state index in [1.807, 2.05) is 30.3 Å². The van der Waals surface area contributed by atoms with Crippen LogP contribution in [0, 0.1) is 11.2 Å². The van der Waals surface area contributed by atoms with Crippen molar-refractivity contribution in [2.24, 2.45) is 5.41 Å². The topological polar surface area (TPSA) is 93.1 Å². The van der Waals surface area contributed by atoms with Crippen LogP contribution in [-0.2, 0) is 9.84 Å². The highest BCUT2D eigenvalue weighted by atomic mass is 32.2. The zero-order valence-corrected chi connectivity index (χ0v) is 19.3. The molecule has 0 spiro atoms.